The Morgan fingerprint density at radius 3 is 2.76 bits per heavy atom. The van der Waals surface area contributed by atoms with Gasteiger partial charge in [-0.05, 0) is 25.7 Å². The molecule has 17 heavy (non-hydrogen) atoms. The van der Waals surface area contributed by atoms with Gasteiger partial charge in [0.1, 0.15) is 12.1 Å². The second-order valence-corrected chi connectivity index (χ2v) is 4.70. The number of carbonyl (C=O) groups is 3. The average Bonchev–Trinajstić information content (AvgIpc) is 2.30. The minimum atomic E-state index is -0.953. The van der Waals surface area contributed by atoms with Crippen LogP contribution in [-0.4, -0.2) is 24.6 Å². The molecule has 1 fully saturated rings. The van der Waals surface area contributed by atoms with E-state index < -0.39 is 5.41 Å². The van der Waals surface area contributed by atoms with E-state index in [1.54, 1.807) is 13.8 Å². The summed E-state index contributed by atoms with van der Waals surface area (Å²) in [6.07, 6.45) is 3.62. The van der Waals surface area contributed by atoms with E-state index in [9.17, 15) is 14.4 Å². The first-order valence-corrected chi connectivity index (χ1v) is 6.22. The molecule has 0 heterocycles. The van der Waals surface area contributed by atoms with Gasteiger partial charge in [-0.3, -0.25) is 9.59 Å². The first-order valence-electron chi connectivity index (χ1n) is 6.22. The van der Waals surface area contributed by atoms with Gasteiger partial charge in [-0.15, -0.1) is 0 Å². The molecule has 1 saturated carbocycles. The standard InChI is InChI=1S/C13H20O4/c1-3-17-12(16)8-10(2)13(9-14)7-5-4-6-11(13)15/h9-10H,3-8H2,1-2H3/t10-,13+/m1/s1. The molecule has 2 atom stereocenters. The maximum atomic E-state index is 11.9. The lowest BCUT2D eigenvalue weighted by Gasteiger charge is -2.35. The molecule has 0 bridgehead atoms. The Hall–Kier alpha value is -1.19. The van der Waals surface area contributed by atoms with Gasteiger partial charge in [-0.25, -0.2) is 0 Å². The van der Waals surface area contributed by atoms with E-state index >= 15 is 0 Å². The van der Waals surface area contributed by atoms with Crippen LogP contribution in [0.5, 0.6) is 0 Å². The Morgan fingerprint density at radius 2 is 2.24 bits per heavy atom. The highest BCUT2D eigenvalue weighted by Gasteiger charge is 2.44. The first kappa shape index (κ1) is 13.9. The van der Waals surface area contributed by atoms with Crippen LogP contribution in [0.2, 0.25) is 0 Å². The summed E-state index contributed by atoms with van der Waals surface area (Å²) in [6.45, 7) is 3.85. The van der Waals surface area contributed by atoms with Gasteiger partial charge in [0, 0.05) is 12.8 Å². The van der Waals surface area contributed by atoms with Crippen molar-refractivity contribution in [1.29, 1.82) is 0 Å². The van der Waals surface area contributed by atoms with Crippen LogP contribution < -0.4 is 0 Å². The number of ether oxygens (including phenoxy) is 1. The van der Waals surface area contributed by atoms with Crippen LogP contribution in [0.1, 0.15) is 46.0 Å². The molecule has 0 aromatic heterocycles. The first-order chi connectivity index (χ1) is 8.06. The van der Waals surface area contributed by atoms with Crippen LogP contribution in [-0.2, 0) is 19.1 Å². The van der Waals surface area contributed by atoms with Crippen molar-refractivity contribution in [3.05, 3.63) is 0 Å². The van der Waals surface area contributed by atoms with E-state index in [1.165, 1.54) is 0 Å². The van der Waals surface area contributed by atoms with Crippen LogP contribution in [0.25, 0.3) is 0 Å². The van der Waals surface area contributed by atoms with Crippen molar-refractivity contribution in [2.75, 3.05) is 6.61 Å². The van der Waals surface area contributed by atoms with Crippen LogP contribution in [0.4, 0.5) is 0 Å². The number of hydrogen-bond acceptors (Lipinski definition) is 4. The van der Waals surface area contributed by atoms with Crippen molar-refractivity contribution < 1.29 is 19.1 Å². The molecule has 4 nitrogen and oxygen atoms in total. The average molecular weight is 240 g/mol. The van der Waals surface area contributed by atoms with Gasteiger partial charge in [0.15, 0.2) is 0 Å². The number of ketones is 1. The number of rotatable bonds is 5. The van der Waals surface area contributed by atoms with Crippen LogP contribution in [0, 0.1) is 11.3 Å². The van der Waals surface area contributed by atoms with Crippen LogP contribution in [0.3, 0.4) is 0 Å². The van der Waals surface area contributed by atoms with Crippen molar-refractivity contribution in [2.45, 2.75) is 46.0 Å². The fraction of sp³-hybridized carbons (Fsp3) is 0.769. The summed E-state index contributed by atoms with van der Waals surface area (Å²) < 4.78 is 4.86. The van der Waals surface area contributed by atoms with Crippen molar-refractivity contribution in [1.82, 2.24) is 0 Å². The lowest BCUT2D eigenvalue weighted by atomic mass is 9.65. The SMILES string of the molecule is CCOC(=O)C[C@@H](C)[C@@]1(C=O)CCCCC1=O. The van der Waals surface area contributed by atoms with Crippen molar-refractivity contribution in [3.8, 4) is 0 Å². The molecule has 1 aliphatic carbocycles. The molecule has 4 heteroatoms. The lowest BCUT2D eigenvalue weighted by Crippen LogP contribution is -2.42. The van der Waals surface area contributed by atoms with E-state index in [2.05, 4.69) is 0 Å². The normalized spacial score (nSPS) is 26.4. The highest BCUT2D eigenvalue weighted by atomic mass is 16.5. The third-order valence-electron chi connectivity index (χ3n) is 3.63. The second kappa shape index (κ2) is 5.94. The molecule has 0 aromatic carbocycles. The summed E-state index contributed by atoms with van der Waals surface area (Å²) in [5, 5.41) is 0. The summed E-state index contributed by atoms with van der Waals surface area (Å²) in [5.41, 5.74) is -0.953. The third kappa shape index (κ3) is 2.93. The minimum absolute atomic E-state index is 0.0180. The zero-order valence-corrected chi connectivity index (χ0v) is 10.5. The van der Waals surface area contributed by atoms with E-state index in [0.29, 0.717) is 19.4 Å². The number of hydrogen-bond donors (Lipinski definition) is 0. The van der Waals surface area contributed by atoms with E-state index in [1.807, 2.05) is 0 Å². The van der Waals surface area contributed by atoms with Gasteiger partial charge in [0.2, 0.25) is 0 Å². The molecule has 1 aliphatic rings. The molecule has 96 valence electrons. The van der Waals surface area contributed by atoms with Crippen molar-refractivity contribution >= 4 is 18.0 Å². The van der Waals surface area contributed by atoms with Gasteiger partial charge >= 0.3 is 5.97 Å². The number of esters is 1. The van der Waals surface area contributed by atoms with Gasteiger partial charge < -0.3 is 9.53 Å². The summed E-state index contributed by atoms with van der Waals surface area (Å²) >= 11 is 0. The zero-order chi connectivity index (χ0) is 12.9. The summed E-state index contributed by atoms with van der Waals surface area (Å²) in [5.74, 6) is -0.623. The summed E-state index contributed by atoms with van der Waals surface area (Å²) in [6, 6.07) is 0. The zero-order valence-electron chi connectivity index (χ0n) is 10.5. The quantitative estimate of drug-likeness (QED) is 0.418. The molecule has 1 rings (SSSR count). The third-order valence-corrected chi connectivity index (χ3v) is 3.63. The monoisotopic (exact) mass is 240 g/mol. The number of carbonyl (C=O) groups excluding carboxylic acids is 3. The molecule has 0 radical (unpaired) electrons. The van der Waals surface area contributed by atoms with Gasteiger partial charge in [-0.2, -0.15) is 0 Å². The Labute approximate surface area is 102 Å². The minimum Gasteiger partial charge on any atom is -0.466 e. The molecular weight excluding hydrogens is 220 g/mol. The predicted octanol–water partition coefficient (Wildman–Crippen LogP) is 1.90. The predicted molar refractivity (Wildman–Crippen MR) is 62.4 cm³/mol. The van der Waals surface area contributed by atoms with Crippen LogP contribution >= 0.6 is 0 Å². The van der Waals surface area contributed by atoms with Gasteiger partial charge in [-0.1, -0.05) is 13.3 Å². The molecule has 0 aliphatic heterocycles. The topological polar surface area (TPSA) is 60.4 Å². The van der Waals surface area contributed by atoms with Crippen LogP contribution in [0.15, 0.2) is 0 Å². The molecule has 0 spiro atoms. The van der Waals surface area contributed by atoms with Gasteiger partial charge in [0.25, 0.3) is 0 Å². The number of Topliss-reactive ketones (excluding diaryl/α,β-unsaturated/α-hetero) is 1. The smallest absolute Gasteiger partial charge is 0.306 e. The van der Waals surface area contributed by atoms with Crippen molar-refractivity contribution in [2.24, 2.45) is 11.3 Å². The maximum absolute atomic E-state index is 11.9. The molecular formula is C13H20O4. The Kier molecular flexibility index (Phi) is 4.85. The second-order valence-electron chi connectivity index (χ2n) is 4.70. The van der Waals surface area contributed by atoms with E-state index in [4.69, 9.17) is 4.74 Å². The summed E-state index contributed by atoms with van der Waals surface area (Å²) in [7, 11) is 0. The Balaban J connectivity index is 2.74. The maximum Gasteiger partial charge on any atom is 0.306 e. The Bertz CT molecular complexity index is 311. The lowest BCUT2D eigenvalue weighted by molar-refractivity contribution is -0.148. The molecule has 0 N–H and O–H groups in total. The van der Waals surface area contributed by atoms with Gasteiger partial charge in [0.05, 0.1) is 12.0 Å². The molecule has 0 aromatic rings. The van der Waals surface area contributed by atoms with E-state index in [0.717, 1.165) is 19.1 Å². The summed E-state index contributed by atoms with van der Waals surface area (Å²) in [4.78, 5) is 34.7. The highest BCUT2D eigenvalue weighted by molar-refractivity contribution is 5.99. The largest absolute Gasteiger partial charge is 0.466 e. The van der Waals surface area contributed by atoms with E-state index in [-0.39, 0.29) is 24.1 Å². The fourth-order valence-electron chi connectivity index (χ4n) is 2.49. The Morgan fingerprint density at radius 1 is 1.53 bits per heavy atom. The molecule has 0 unspecified atom stereocenters. The molecule has 0 amide bonds. The molecule has 0 saturated heterocycles. The highest BCUT2D eigenvalue weighted by Crippen LogP contribution is 2.39. The fourth-order valence-corrected chi connectivity index (χ4v) is 2.49. The number of aldehydes is 1. The van der Waals surface area contributed by atoms with Crippen molar-refractivity contribution in [3.63, 3.8) is 0 Å².